The van der Waals surface area contributed by atoms with Crippen molar-refractivity contribution in [2.45, 2.75) is 25.6 Å². The summed E-state index contributed by atoms with van der Waals surface area (Å²) in [5.74, 6) is 1.08. The Hall–Kier alpha value is -4.55. The molecule has 1 aliphatic rings. The lowest BCUT2D eigenvalue weighted by atomic mass is 10.1. The largest absolute Gasteiger partial charge is 0.491 e. The van der Waals surface area contributed by atoms with Gasteiger partial charge in [0.05, 0.1) is 12.7 Å². The molecule has 0 bridgehead atoms. The Kier molecular flexibility index (Phi) is 7.66. The number of carbonyl (C=O) groups is 1. The predicted octanol–water partition coefficient (Wildman–Crippen LogP) is 1.67. The number of hydrogen-bond acceptors (Lipinski definition) is 10. The third-order valence-corrected chi connectivity index (χ3v) is 6.42. The lowest BCUT2D eigenvalue weighted by Crippen LogP contribution is -2.33. The van der Waals surface area contributed by atoms with Crippen LogP contribution in [-0.2, 0) is 6.54 Å². The molecule has 5 N–H and O–H groups in total. The predicted molar refractivity (Wildman–Crippen MR) is 145 cm³/mol. The standard InChI is InChI=1S/C27H30N8O4/c1-16(17-6-4-3-5-7-17)30-14-19(36)15-39-21-9-8-20-22(23(21)38-2)33-27(35-11-10-29-24(20)35)34-25(37)18-12-31-26(28)32-13-18/h3-9,12-13,16,19,29-30,36H,10-11,14-15H2,1-2H3,(H2,28,31,32)/t16-,19-/m1/s1. The topological polar surface area (TPSA) is 162 Å². The highest BCUT2D eigenvalue weighted by Gasteiger charge is 2.21. The monoisotopic (exact) mass is 530 g/mol. The Balaban J connectivity index is 1.39. The molecule has 2 atom stereocenters. The maximum absolute atomic E-state index is 12.8. The lowest BCUT2D eigenvalue weighted by Gasteiger charge is -2.19. The van der Waals surface area contributed by atoms with Gasteiger partial charge in [-0.2, -0.15) is 4.99 Å². The van der Waals surface area contributed by atoms with E-state index in [0.717, 1.165) is 16.8 Å². The molecule has 2 aromatic heterocycles. The third kappa shape index (κ3) is 5.66. The van der Waals surface area contributed by atoms with Crippen LogP contribution < -0.4 is 31.5 Å². The van der Waals surface area contributed by atoms with Crippen LogP contribution >= 0.6 is 0 Å². The Morgan fingerprint density at radius 3 is 2.74 bits per heavy atom. The van der Waals surface area contributed by atoms with Crippen LogP contribution in [0.3, 0.4) is 0 Å². The number of nitrogens with two attached hydrogens (primary N) is 1. The molecule has 0 aliphatic carbocycles. The van der Waals surface area contributed by atoms with E-state index < -0.39 is 12.0 Å². The SMILES string of the molecule is COc1c(OC[C@H](O)CN[C@H](C)c2ccccc2)ccc2c3n(c(=NC(=O)c4cnc(N)nc4)nc12)CCN3. The lowest BCUT2D eigenvalue weighted by molar-refractivity contribution is 0.0995. The maximum atomic E-state index is 12.8. The van der Waals surface area contributed by atoms with E-state index in [1.165, 1.54) is 19.5 Å². The first-order valence-corrected chi connectivity index (χ1v) is 12.6. The van der Waals surface area contributed by atoms with E-state index in [2.05, 4.69) is 30.6 Å². The summed E-state index contributed by atoms with van der Waals surface area (Å²) >= 11 is 0. The number of benzene rings is 2. The zero-order chi connectivity index (χ0) is 27.4. The highest BCUT2D eigenvalue weighted by molar-refractivity contribution is 5.96. The second kappa shape index (κ2) is 11.5. The molecule has 1 amide bonds. The van der Waals surface area contributed by atoms with Crippen molar-refractivity contribution < 1.29 is 19.4 Å². The quantitative estimate of drug-likeness (QED) is 0.250. The average molecular weight is 531 g/mol. The number of nitrogen functional groups attached to an aromatic ring is 1. The second-order valence-corrected chi connectivity index (χ2v) is 9.08. The van der Waals surface area contributed by atoms with Crippen molar-refractivity contribution in [1.82, 2.24) is 24.8 Å². The van der Waals surface area contributed by atoms with Crippen molar-refractivity contribution in [3.63, 3.8) is 0 Å². The Morgan fingerprint density at radius 1 is 1.23 bits per heavy atom. The summed E-state index contributed by atoms with van der Waals surface area (Å²) in [5, 5.41) is 18.0. The molecule has 39 heavy (non-hydrogen) atoms. The molecule has 12 heteroatoms. The highest BCUT2D eigenvalue weighted by Crippen LogP contribution is 2.37. The number of hydrogen-bond donors (Lipinski definition) is 4. The van der Waals surface area contributed by atoms with Gasteiger partial charge >= 0.3 is 0 Å². The second-order valence-electron chi connectivity index (χ2n) is 9.08. The van der Waals surface area contributed by atoms with Gasteiger partial charge in [0.25, 0.3) is 5.91 Å². The molecule has 0 fully saturated rings. The highest BCUT2D eigenvalue weighted by atomic mass is 16.5. The van der Waals surface area contributed by atoms with Gasteiger partial charge in [-0.1, -0.05) is 30.3 Å². The minimum atomic E-state index is -0.757. The van der Waals surface area contributed by atoms with Gasteiger partial charge in [0.15, 0.2) is 11.5 Å². The van der Waals surface area contributed by atoms with Gasteiger partial charge in [0.2, 0.25) is 11.6 Å². The van der Waals surface area contributed by atoms with E-state index in [1.54, 1.807) is 6.07 Å². The number of fused-ring (bicyclic) bond motifs is 3. The summed E-state index contributed by atoms with van der Waals surface area (Å²) in [4.78, 5) is 29.4. The molecular weight excluding hydrogens is 500 g/mol. The van der Waals surface area contributed by atoms with Gasteiger partial charge in [-0.05, 0) is 24.6 Å². The van der Waals surface area contributed by atoms with Crippen LogP contribution in [0.15, 0.2) is 59.9 Å². The Bertz CT molecular complexity index is 1540. The van der Waals surface area contributed by atoms with Gasteiger partial charge in [0, 0.05) is 43.5 Å². The molecule has 1 aliphatic heterocycles. The molecule has 4 aromatic rings. The van der Waals surface area contributed by atoms with Gasteiger partial charge in [-0.25, -0.2) is 15.0 Å². The first kappa shape index (κ1) is 26.1. The number of nitrogens with zero attached hydrogens (tertiary/aromatic N) is 5. The van der Waals surface area contributed by atoms with E-state index in [9.17, 15) is 9.90 Å². The zero-order valence-corrected chi connectivity index (χ0v) is 21.7. The minimum Gasteiger partial charge on any atom is -0.491 e. The number of nitrogens with one attached hydrogen (secondary N) is 2. The number of carbonyl (C=O) groups excluding carboxylic acids is 1. The van der Waals surface area contributed by atoms with Gasteiger partial charge in [-0.15, -0.1) is 0 Å². The number of aliphatic hydroxyl groups excluding tert-OH is 1. The normalized spacial score (nSPS) is 14.5. The third-order valence-electron chi connectivity index (χ3n) is 6.42. The summed E-state index contributed by atoms with van der Waals surface area (Å²) in [7, 11) is 1.52. The molecule has 0 unspecified atom stereocenters. The first-order valence-electron chi connectivity index (χ1n) is 12.6. The molecular formula is C27H30N8O4. The summed E-state index contributed by atoms with van der Waals surface area (Å²) in [6.07, 6.45) is 1.89. The average Bonchev–Trinajstić information content (AvgIpc) is 3.46. The molecule has 0 spiro atoms. The number of methoxy groups -OCH3 is 1. The van der Waals surface area contributed by atoms with E-state index >= 15 is 0 Å². The summed E-state index contributed by atoms with van der Waals surface area (Å²) in [6.45, 7) is 3.67. The van der Waals surface area contributed by atoms with Crippen LogP contribution in [0.1, 0.15) is 28.9 Å². The van der Waals surface area contributed by atoms with Gasteiger partial charge in [0.1, 0.15) is 24.0 Å². The van der Waals surface area contributed by atoms with E-state index in [-0.39, 0.29) is 29.8 Å². The van der Waals surface area contributed by atoms with Crippen molar-refractivity contribution in [1.29, 1.82) is 0 Å². The van der Waals surface area contributed by atoms with Crippen LogP contribution in [0.25, 0.3) is 10.9 Å². The van der Waals surface area contributed by atoms with Crippen LogP contribution in [0.4, 0.5) is 11.8 Å². The molecule has 202 valence electrons. The molecule has 12 nitrogen and oxygen atoms in total. The van der Waals surface area contributed by atoms with E-state index in [1.807, 2.05) is 47.9 Å². The zero-order valence-electron chi connectivity index (χ0n) is 21.7. The Morgan fingerprint density at radius 2 is 2.00 bits per heavy atom. The van der Waals surface area contributed by atoms with Crippen molar-refractivity contribution in [2.24, 2.45) is 4.99 Å². The molecule has 2 aromatic carbocycles. The van der Waals surface area contributed by atoms with Crippen molar-refractivity contribution >= 4 is 28.6 Å². The first-order chi connectivity index (χ1) is 18.9. The number of ether oxygens (including phenoxy) is 2. The molecule has 5 rings (SSSR count). The molecule has 0 saturated carbocycles. The fraction of sp³-hybridized carbons (Fsp3) is 0.296. The number of aliphatic hydroxyl groups is 1. The van der Waals surface area contributed by atoms with Crippen LogP contribution in [0.2, 0.25) is 0 Å². The van der Waals surface area contributed by atoms with Crippen molar-refractivity contribution in [2.75, 3.05) is 37.9 Å². The number of anilines is 2. The summed E-state index contributed by atoms with van der Waals surface area (Å²) in [6, 6.07) is 13.7. The molecule has 0 radical (unpaired) electrons. The van der Waals surface area contributed by atoms with Crippen LogP contribution in [-0.4, -0.2) is 63.4 Å². The van der Waals surface area contributed by atoms with Crippen LogP contribution in [0.5, 0.6) is 11.5 Å². The van der Waals surface area contributed by atoms with Crippen LogP contribution in [0, 0.1) is 0 Å². The minimum absolute atomic E-state index is 0.0428. The fourth-order valence-electron chi connectivity index (χ4n) is 4.37. The number of aromatic nitrogens is 4. The smallest absolute Gasteiger partial charge is 0.283 e. The number of amides is 1. The molecule has 3 heterocycles. The maximum Gasteiger partial charge on any atom is 0.283 e. The fourth-order valence-corrected chi connectivity index (χ4v) is 4.37. The van der Waals surface area contributed by atoms with E-state index in [4.69, 9.17) is 15.2 Å². The molecule has 0 saturated heterocycles. The van der Waals surface area contributed by atoms with E-state index in [0.29, 0.717) is 36.6 Å². The Labute approximate surface area is 224 Å². The van der Waals surface area contributed by atoms with Crippen molar-refractivity contribution in [3.8, 4) is 11.5 Å². The summed E-state index contributed by atoms with van der Waals surface area (Å²) < 4.78 is 13.5. The van der Waals surface area contributed by atoms with Gasteiger partial charge in [-0.3, -0.25) is 9.36 Å². The van der Waals surface area contributed by atoms with Gasteiger partial charge < -0.3 is 30.9 Å². The summed E-state index contributed by atoms with van der Waals surface area (Å²) in [5.41, 5.74) is 7.53. The number of rotatable bonds is 9. The van der Waals surface area contributed by atoms with Crippen molar-refractivity contribution in [3.05, 3.63) is 71.6 Å².